The van der Waals surface area contributed by atoms with E-state index in [0.717, 1.165) is 28.2 Å². The fourth-order valence-corrected chi connectivity index (χ4v) is 3.40. The zero-order valence-electron chi connectivity index (χ0n) is 17.1. The van der Waals surface area contributed by atoms with Gasteiger partial charge in [-0.2, -0.15) is 10.2 Å². The van der Waals surface area contributed by atoms with Crippen LogP contribution in [0.5, 0.6) is 0 Å². The van der Waals surface area contributed by atoms with Gasteiger partial charge in [-0.05, 0) is 37.3 Å². The van der Waals surface area contributed by atoms with Gasteiger partial charge in [0.25, 0.3) is 5.91 Å². The Labute approximate surface area is 180 Å². The smallest absolute Gasteiger partial charge is 0.274 e. The summed E-state index contributed by atoms with van der Waals surface area (Å²) in [6, 6.07) is 19.3. The van der Waals surface area contributed by atoms with Crippen LogP contribution in [0.15, 0.2) is 66.9 Å². The first-order valence-electron chi connectivity index (χ1n) is 9.58. The monoisotopic (exact) mass is 419 g/mol. The number of benzene rings is 2. The highest BCUT2D eigenvalue weighted by molar-refractivity contribution is 6.30. The van der Waals surface area contributed by atoms with Gasteiger partial charge in [0, 0.05) is 48.7 Å². The number of nitrogens with zero attached hydrogens (tertiary/aromatic N) is 5. The maximum atomic E-state index is 12.9. The summed E-state index contributed by atoms with van der Waals surface area (Å²) in [4.78, 5) is 14.5. The molecule has 4 rings (SSSR count). The Kier molecular flexibility index (Phi) is 5.42. The van der Waals surface area contributed by atoms with E-state index in [1.807, 2.05) is 79.4 Å². The highest BCUT2D eigenvalue weighted by Crippen LogP contribution is 2.26. The van der Waals surface area contributed by atoms with E-state index >= 15 is 0 Å². The van der Waals surface area contributed by atoms with E-state index < -0.39 is 0 Å². The molecule has 2 aromatic carbocycles. The molecule has 4 aromatic rings. The molecule has 0 bridgehead atoms. The highest BCUT2D eigenvalue weighted by Gasteiger charge is 2.20. The summed E-state index contributed by atoms with van der Waals surface area (Å²) in [7, 11) is 3.60. The summed E-state index contributed by atoms with van der Waals surface area (Å²) >= 11 is 6.06. The van der Waals surface area contributed by atoms with Gasteiger partial charge in [-0.15, -0.1) is 0 Å². The summed E-state index contributed by atoms with van der Waals surface area (Å²) in [6.07, 6.45) is 1.97. The summed E-state index contributed by atoms with van der Waals surface area (Å²) in [5.74, 6) is -0.131. The van der Waals surface area contributed by atoms with Gasteiger partial charge in [-0.3, -0.25) is 9.48 Å². The molecule has 0 aliphatic heterocycles. The summed E-state index contributed by atoms with van der Waals surface area (Å²) < 4.78 is 3.54. The van der Waals surface area contributed by atoms with Crippen LogP contribution < -0.4 is 0 Å². The van der Waals surface area contributed by atoms with Gasteiger partial charge in [0.05, 0.1) is 11.4 Å². The topological polar surface area (TPSA) is 56.0 Å². The molecule has 1 amide bonds. The Bertz CT molecular complexity index is 1160. The molecule has 0 saturated carbocycles. The van der Waals surface area contributed by atoms with E-state index in [-0.39, 0.29) is 5.91 Å². The summed E-state index contributed by atoms with van der Waals surface area (Å²) in [6.45, 7) is 2.32. The van der Waals surface area contributed by atoms with Crippen molar-refractivity contribution in [3.63, 3.8) is 0 Å². The third-order valence-electron chi connectivity index (χ3n) is 5.02. The SMILES string of the molecule is Cc1cc(C(=O)N(C)Cc2cn(-c3ccccc3)nc2-c2ccc(Cl)cc2)nn1C. The number of rotatable bonds is 5. The second kappa shape index (κ2) is 8.16. The van der Waals surface area contributed by atoms with Crippen LogP contribution in [0.4, 0.5) is 0 Å². The first-order chi connectivity index (χ1) is 14.4. The van der Waals surface area contributed by atoms with E-state index in [0.29, 0.717) is 17.3 Å². The zero-order chi connectivity index (χ0) is 21.3. The van der Waals surface area contributed by atoms with E-state index in [4.69, 9.17) is 16.7 Å². The van der Waals surface area contributed by atoms with Crippen LogP contribution >= 0.6 is 11.6 Å². The molecule has 0 unspecified atom stereocenters. The van der Waals surface area contributed by atoms with E-state index in [1.54, 1.807) is 22.7 Å². The Hall–Kier alpha value is -3.38. The van der Waals surface area contributed by atoms with Gasteiger partial charge in [0.2, 0.25) is 0 Å². The molecule has 6 nitrogen and oxygen atoms in total. The minimum atomic E-state index is -0.131. The van der Waals surface area contributed by atoms with Crippen molar-refractivity contribution in [2.45, 2.75) is 13.5 Å². The van der Waals surface area contributed by atoms with Crippen molar-refractivity contribution in [1.29, 1.82) is 0 Å². The first kappa shape index (κ1) is 19.9. The molecule has 0 spiro atoms. The molecular formula is C23H22ClN5O. The Morgan fingerprint density at radius 1 is 1.07 bits per heavy atom. The van der Waals surface area contributed by atoms with Crippen LogP contribution in [-0.4, -0.2) is 37.4 Å². The number of aromatic nitrogens is 4. The van der Waals surface area contributed by atoms with Crippen LogP contribution in [0, 0.1) is 6.92 Å². The number of hydrogen-bond acceptors (Lipinski definition) is 3. The van der Waals surface area contributed by atoms with Crippen LogP contribution in [0.25, 0.3) is 16.9 Å². The van der Waals surface area contributed by atoms with E-state index in [9.17, 15) is 4.79 Å². The molecule has 0 saturated heterocycles. The van der Waals surface area contributed by atoms with Gasteiger partial charge < -0.3 is 4.90 Å². The van der Waals surface area contributed by atoms with Crippen LogP contribution in [0.2, 0.25) is 5.02 Å². The standard InChI is InChI=1S/C23H22ClN5O/c1-16-13-21(25-28(16)3)23(30)27(2)14-18-15-29(20-7-5-4-6-8-20)26-22(18)17-9-11-19(24)12-10-17/h4-13,15H,14H2,1-3H3. The van der Waals surface area contributed by atoms with Crippen molar-refractivity contribution in [3.8, 4) is 16.9 Å². The van der Waals surface area contributed by atoms with Crippen molar-refractivity contribution < 1.29 is 4.79 Å². The second-order valence-corrected chi connectivity index (χ2v) is 7.68. The third kappa shape index (κ3) is 4.00. The summed E-state index contributed by atoms with van der Waals surface area (Å²) in [5, 5.41) is 9.77. The molecule has 152 valence electrons. The number of para-hydroxylation sites is 1. The number of carbonyl (C=O) groups excluding carboxylic acids is 1. The average molecular weight is 420 g/mol. The van der Waals surface area contributed by atoms with Crippen molar-refractivity contribution >= 4 is 17.5 Å². The molecule has 2 aromatic heterocycles. The van der Waals surface area contributed by atoms with Gasteiger partial charge in [0.15, 0.2) is 5.69 Å². The quantitative estimate of drug-likeness (QED) is 0.478. The molecule has 0 fully saturated rings. The lowest BCUT2D eigenvalue weighted by molar-refractivity contribution is 0.0778. The van der Waals surface area contributed by atoms with Gasteiger partial charge >= 0.3 is 0 Å². The van der Waals surface area contributed by atoms with Gasteiger partial charge in [0.1, 0.15) is 0 Å². The number of carbonyl (C=O) groups is 1. The predicted octanol–water partition coefficient (Wildman–Crippen LogP) is 4.51. The number of aryl methyl sites for hydroxylation is 2. The second-order valence-electron chi connectivity index (χ2n) is 7.25. The van der Waals surface area contributed by atoms with Crippen molar-refractivity contribution in [1.82, 2.24) is 24.5 Å². The van der Waals surface area contributed by atoms with Crippen molar-refractivity contribution in [2.75, 3.05) is 7.05 Å². The van der Waals surface area contributed by atoms with Gasteiger partial charge in [-0.1, -0.05) is 41.9 Å². The Morgan fingerprint density at radius 2 is 1.77 bits per heavy atom. The van der Waals surface area contributed by atoms with Crippen LogP contribution in [-0.2, 0) is 13.6 Å². The van der Waals surface area contributed by atoms with Gasteiger partial charge in [-0.25, -0.2) is 4.68 Å². The average Bonchev–Trinajstić information content (AvgIpc) is 3.32. The molecule has 0 radical (unpaired) electrons. The third-order valence-corrected chi connectivity index (χ3v) is 5.27. The molecule has 0 atom stereocenters. The zero-order valence-corrected chi connectivity index (χ0v) is 17.8. The normalized spacial score (nSPS) is 10.9. The number of amides is 1. The minimum absolute atomic E-state index is 0.131. The fraction of sp³-hybridized carbons (Fsp3) is 0.174. The number of halogens is 1. The molecule has 0 aliphatic rings. The maximum absolute atomic E-state index is 12.9. The summed E-state index contributed by atoms with van der Waals surface area (Å²) in [5.41, 5.74) is 5.01. The molecule has 0 N–H and O–H groups in total. The lowest BCUT2D eigenvalue weighted by Crippen LogP contribution is -2.26. The molecular weight excluding hydrogens is 398 g/mol. The highest BCUT2D eigenvalue weighted by atomic mass is 35.5. The largest absolute Gasteiger partial charge is 0.336 e. The van der Waals surface area contributed by atoms with E-state index in [1.165, 1.54) is 0 Å². The molecule has 2 heterocycles. The predicted molar refractivity (Wildman–Crippen MR) is 118 cm³/mol. The Balaban J connectivity index is 1.69. The minimum Gasteiger partial charge on any atom is -0.336 e. The first-order valence-corrected chi connectivity index (χ1v) is 9.96. The molecule has 7 heteroatoms. The molecule has 30 heavy (non-hydrogen) atoms. The maximum Gasteiger partial charge on any atom is 0.274 e. The lowest BCUT2D eigenvalue weighted by atomic mass is 10.1. The van der Waals surface area contributed by atoms with Crippen LogP contribution in [0.1, 0.15) is 21.7 Å². The molecule has 0 aliphatic carbocycles. The lowest BCUT2D eigenvalue weighted by Gasteiger charge is -2.15. The van der Waals surface area contributed by atoms with E-state index in [2.05, 4.69) is 5.10 Å². The number of hydrogen-bond donors (Lipinski definition) is 0. The Morgan fingerprint density at radius 3 is 2.40 bits per heavy atom. The van der Waals surface area contributed by atoms with Crippen molar-refractivity contribution in [3.05, 3.63) is 88.8 Å². The van der Waals surface area contributed by atoms with Crippen LogP contribution in [0.3, 0.4) is 0 Å². The van der Waals surface area contributed by atoms with Crippen molar-refractivity contribution in [2.24, 2.45) is 7.05 Å². The fourth-order valence-electron chi connectivity index (χ4n) is 3.28.